The third kappa shape index (κ3) is 2.55. The molecule has 1 aromatic rings. The minimum absolute atomic E-state index is 0.509. The van der Waals surface area contributed by atoms with Gasteiger partial charge in [0, 0.05) is 13.1 Å². The molecule has 0 atom stereocenters. The van der Waals surface area contributed by atoms with Crippen LogP contribution < -0.4 is 4.90 Å². The van der Waals surface area contributed by atoms with Crippen molar-refractivity contribution in [3.05, 3.63) is 29.3 Å². The Kier molecular flexibility index (Phi) is 4.37. The predicted molar refractivity (Wildman–Crippen MR) is 68.7 cm³/mol. The van der Waals surface area contributed by atoms with E-state index >= 15 is 0 Å². The lowest BCUT2D eigenvalue weighted by Crippen LogP contribution is -2.30. The molecule has 2 nitrogen and oxygen atoms in total. The van der Waals surface area contributed by atoms with Crippen molar-refractivity contribution in [3.8, 4) is 6.07 Å². The molecule has 0 amide bonds. The maximum Gasteiger partial charge on any atom is 0.101 e. The van der Waals surface area contributed by atoms with Gasteiger partial charge in [0.25, 0.3) is 0 Å². The van der Waals surface area contributed by atoms with Crippen LogP contribution in [0.4, 0.5) is 5.69 Å². The number of nitriles is 1. The number of nitrogens with zero attached hydrogens (tertiary/aromatic N) is 2. The average molecular weight is 216 g/mol. The third-order valence-corrected chi connectivity index (χ3v) is 3.14. The van der Waals surface area contributed by atoms with Gasteiger partial charge in [-0.3, -0.25) is 0 Å². The molecule has 16 heavy (non-hydrogen) atoms. The molecule has 0 bridgehead atoms. The first-order chi connectivity index (χ1) is 7.63. The van der Waals surface area contributed by atoms with Gasteiger partial charge in [-0.1, -0.05) is 19.9 Å². The second-order valence-corrected chi connectivity index (χ2v) is 4.21. The van der Waals surface area contributed by atoms with Crippen molar-refractivity contribution in [1.82, 2.24) is 0 Å². The zero-order chi connectivity index (χ0) is 12.1. The molecule has 86 valence electrons. The van der Waals surface area contributed by atoms with Gasteiger partial charge in [0.1, 0.15) is 6.07 Å². The van der Waals surface area contributed by atoms with Crippen LogP contribution in [0.2, 0.25) is 0 Å². The zero-order valence-electron chi connectivity index (χ0n) is 10.6. The largest absolute Gasteiger partial charge is 0.371 e. The fourth-order valence-electron chi connectivity index (χ4n) is 2.08. The molecule has 0 spiro atoms. The van der Waals surface area contributed by atoms with Gasteiger partial charge in [-0.15, -0.1) is 0 Å². The maximum atomic E-state index is 9.14. The van der Waals surface area contributed by atoms with E-state index in [9.17, 15) is 0 Å². The Morgan fingerprint density at radius 3 is 2.44 bits per heavy atom. The summed E-state index contributed by atoms with van der Waals surface area (Å²) >= 11 is 0. The van der Waals surface area contributed by atoms with Crippen LogP contribution in [-0.2, 0) is 0 Å². The van der Waals surface area contributed by atoms with Crippen molar-refractivity contribution < 1.29 is 0 Å². The number of anilines is 1. The quantitative estimate of drug-likeness (QED) is 0.770. The number of aryl methyl sites for hydroxylation is 1. The molecule has 1 aromatic carbocycles. The molecule has 0 N–H and O–H groups in total. The van der Waals surface area contributed by atoms with Crippen molar-refractivity contribution in [1.29, 1.82) is 5.26 Å². The van der Waals surface area contributed by atoms with Crippen LogP contribution in [0.5, 0.6) is 0 Å². The molecule has 0 saturated carbocycles. The van der Waals surface area contributed by atoms with Gasteiger partial charge in [0.15, 0.2) is 0 Å². The lowest BCUT2D eigenvalue weighted by atomic mass is 10.1. The molecule has 0 aromatic heterocycles. The fraction of sp³-hybridized carbons (Fsp3) is 0.500. The monoisotopic (exact) mass is 216 g/mol. The van der Waals surface area contributed by atoms with Gasteiger partial charge in [-0.25, -0.2) is 0 Å². The van der Waals surface area contributed by atoms with Crippen molar-refractivity contribution in [3.63, 3.8) is 0 Å². The first kappa shape index (κ1) is 12.6. The molecule has 0 aliphatic rings. The second kappa shape index (κ2) is 5.55. The van der Waals surface area contributed by atoms with Crippen molar-refractivity contribution in [2.45, 2.75) is 39.7 Å². The van der Waals surface area contributed by atoms with E-state index in [1.54, 1.807) is 0 Å². The van der Waals surface area contributed by atoms with Crippen LogP contribution in [0, 0.1) is 18.3 Å². The standard InChI is InChI=1S/C14H20N2/c1-5-13(6-2)16(4)14-8-7-11(3)9-12(14)10-15/h7-9,13H,5-6H2,1-4H3. The highest BCUT2D eigenvalue weighted by molar-refractivity contribution is 5.60. The smallest absolute Gasteiger partial charge is 0.101 e. The topological polar surface area (TPSA) is 27.0 Å². The van der Waals surface area contributed by atoms with E-state index in [4.69, 9.17) is 5.26 Å². The Labute approximate surface area is 98.5 Å². The first-order valence-corrected chi connectivity index (χ1v) is 5.87. The summed E-state index contributed by atoms with van der Waals surface area (Å²) in [5, 5.41) is 9.14. The molecule has 0 saturated heterocycles. The van der Waals surface area contributed by atoms with Crippen LogP contribution >= 0.6 is 0 Å². The summed E-state index contributed by atoms with van der Waals surface area (Å²) in [5.74, 6) is 0. The lowest BCUT2D eigenvalue weighted by molar-refractivity contribution is 0.591. The van der Waals surface area contributed by atoms with Gasteiger partial charge in [-0.05, 0) is 37.5 Å². The summed E-state index contributed by atoms with van der Waals surface area (Å²) in [6.45, 7) is 6.39. The van der Waals surface area contributed by atoms with E-state index in [0.29, 0.717) is 6.04 Å². The SMILES string of the molecule is CCC(CC)N(C)c1ccc(C)cc1C#N. The van der Waals surface area contributed by atoms with E-state index < -0.39 is 0 Å². The van der Waals surface area contributed by atoms with Crippen molar-refractivity contribution >= 4 is 5.69 Å². The maximum absolute atomic E-state index is 9.14. The summed E-state index contributed by atoms with van der Waals surface area (Å²) in [6, 6.07) is 8.85. The van der Waals surface area contributed by atoms with Gasteiger partial charge in [-0.2, -0.15) is 5.26 Å². The number of rotatable bonds is 4. The Hall–Kier alpha value is -1.49. The normalized spacial score (nSPS) is 10.2. The summed E-state index contributed by atoms with van der Waals surface area (Å²) in [7, 11) is 2.07. The molecule has 0 fully saturated rings. The van der Waals surface area contributed by atoms with Gasteiger partial charge in [0.2, 0.25) is 0 Å². The van der Waals surface area contributed by atoms with E-state index in [1.165, 1.54) is 0 Å². The van der Waals surface area contributed by atoms with Crippen LogP contribution in [0.15, 0.2) is 18.2 Å². The highest BCUT2D eigenvalue weighted by Crippen LogP contribution is 2.23. The van der Waals surface area contributed by atoms with E-state index in [2.05, 4.69) is 37.9 Å². The van der Waals surface area contributed by atoms with Gasteiger partial charge in [0.05, 0.1) is 11.3 Å². The molecular formula is C14H20N2. The third-order valence-electron chi connectivity index (χ3n) is 3.14. The molecule has 0 aliphatic carbocycles. The molecule has 1 rings (SSSR count). The Bertz CT molecular complexity index is 386. The van der Waals surface area contributed by atoms with E-state index in [1.807, 2.05) is 19.1 Å². The Balaban J connectivity index is 3.08. The van der Waals surface area contributed by atoms with Crippen LogP contribution in [0.25, 0.3) is 0 Å². The molecule has 0 unspecified atom stereocenters. The number of hydrogen-bond donors (Lipinski definition) is 0. The predicted octanol–water partition coefficient (Wildman–Crippen LogP) is 3.49. The van der Waals surface area contributed by atoms with Gasteiger partial charge < -0.3 is 4.90 Å². The number of hydrogen-bond acceptors (Lipinski definition) is 2. The molecular weight excluding hydrogens is 196 g/mol. The van der Waals surface area contributed by atoms with E-state index in [0.717, 1.165) is 29.7 Å². The average Bonchev–Trinajstić information content (AvgIpc) is 2.30. The van der Waals surface area contributed by atoms with E-state index in [-0.39, 0.29) is 0 Å². The van der Waals surface area contributed by atoms with Crippen molar-refractivity contribution in [2.24, 2.45) is 0 Å². The Morgan fingerprint density at radius 1 is 1.31 bits per heavy atom. The summed E-state index contributed by atoms with van der Waals surface area (Å²) < 4.78 is 0. The van der Waals surface area contributed by atoms with Crippen LogP contribution in [-0.4, -0.2) is 13.1 Å². The minimum atomic E-state index is 0.509. The molecule has 2 heteroatoms. The lowest BCUT2D eigenvalue weighted by Gasteiger charge is -2.29. The number of benzene rings is 1. The minimum Gasteiger partial charge on any atom is -0.371 e. The molecule has 0 radical (unpaired) electrons. The Morgan fingerprint density at radius 2 is 1.94 bits per heavy atom. The van der Waals surface area contributed by atoms with Crippen LogP contribution in [0.1, 0.15) is 37.8 Å². The summed E-state index contributed by atoms with van der Waals surface area (Å²) in [4.78, 5) is 2.22. The fourth-order valence-corrected chi connectivity index (χ4v) is 2.08. The van der Waals surface area contributed by atoms with Gasteiger partial charge >= 0.3 is 0 Å². The summed E-state index contributed by atoms with van der Waals surface area (Å²) in [5.41, 5.74) is 2.95. The zero-order valence-corrected chi connectivity index (χ0v) is 10.6. The summed E-state index contributed by atoms with van der Waals surface area (Å²) in [6.07, 6.45) is 2.21. The first-order valence-electron chi connectivity index (χ1n) is 5.87. The molecule has 0 heterocycles. The highest BCUT2D eigenvalue weighted by atomic mass is 15.1. The second-order valence-electron chi connectivity index (χ2n) is 4.21. The highest BCUT2D eigenvalue weighted by Gasteiger charge is 2.14. The van der Waals surface area contributed by atoms with Crippen LogP contribution in [0.3, 0.4) is 0 Å². The molecule has 0 aliphatic heterocycles. The van der Waals surface area contributed by atoms with Crippen molar-refractivity contribution in [2.75, 3.05) is 11.9 Å².